The van der Waals surface area contributed by atoms with Crippen LogP contribution in [0.4, 0.5) is 0 Å². The standard InChI is InChI=1S/C15H10N2O/c18-10-11-7-13(9-16-8-11)14-5-1-3-12-4-2-6-17-15(12)14/h1-10H. The summed E-state index contributed by atoms with van der Waals surface area (Å²) >= 11 is 0. The minimum Gasteiger partial charge on any atom is -0.298 e. The SMILES string of the molecule is O=Cc1cncc(-c2cccc3cccnc23)c1. The normalized spacial score (nSPS) is 10.4. The number of fused-ring (bicyclic) bond motifs is 1. The molecule has 0 saturated heterocycles. The Morgan fingerprint density at radius 1 is 1.06 bits per heavy atom. The number of carbonyl (C=O) groups excluding carboxylic acids is 1. The topological polar surface area (TPSA) is 42.9 Å². The van der Waals surface area contributed by atoms with Crippen LogP contribution in [-0.2, 0) is 0 Å². The van der Waals surface area contributed by atoms with Gasteiger partial charge in [-0.2, -0.15) is 0 Å². The molecule has 2 heterocycles. The van der Waals surface area contributed by atoms with Crippen LogP contribution in [-0.4, -0.2) is 16.3 Å². The third-order valence-corrected chi connectivity index (χ3v) is 2.84. The molecule has 0 fully saturated rings. The zero-order valence-corrected chi connectivity index (χ0v) is 9.58. The van der Waals surface area contributed by atoms with E-state index in [0.717, 1.165) is 28.3 Å². The molecule has 0 amide bonds. The summed E-state index contributed by atoms with van der Waals surface area (Å²) in [5, 5.41) is 1.08. The second kappa shape index (κ2) is 4.37. The average Bonchev–Trinajstić information content (AvgIpc) is 2.47. The van der Waals surface area contributed by atoms with Gasteiger partial charge in [-0.3, -0.25) is 14.8 Å². The molecule has 2 aromatic heterocycles. The van der Waals surface area contributed by atoms with Crippen LogP contribution in [0.1, 0.15) is 10.4 Å². The maximum absolute atomic E-state index is 10.8. The average molecular weight is 234 g/mol. The molecule has 0 aliphatic rings. The third kappa shape index (κ3) is 1.76. The number of nitrogens with zero attached hydrogens (tertiary/aromatic N) is 2. The van der Waals surface area contributed by atoms with Gasteiger partial charge in [-0.1, -0.05) is 24.3 Å². The summed E-state index contributed by atoms with van der Waals surface area (Å²) < 4.78 is 0. The van der Waals surface area contributed by atoms with Crippen LogP contribution in [0.25, 0.3) is 22.0 Å². The second-order valence-corrected chi connectivity index (χ2v) is 4.01. The zero-order chi connectivity index (χ0) is 12.4. The lowest BCUT2D eigenvalue weighted by Crippen LogP contribution is -1.88. The van der Waals surface area contributed by atoms with Gasteiger partial charge in [-0.15, -0.1) is 0 Å². The van der Waals surface area contributed by atoms with Crippen LogP contribution in [0.2, 0.25) is 0 Å². The fraction of sp³-hybridized carbons (Fsp3) is 0. The lowest BCUT2D eigenvalue weighted by Gasteiger charge is -2.05. The lowest BCUT2D eigenvalue weighted by molar-refractivity contribution is 0.112. The first-order valence-corrected chi connectivity index (χ1v) is 5.63. The van der Waals surface area contributed by atoms with Crippen LogP contribution in [0, 0.1) is 0 Å². The molecule has 0 spiro atoms. The van der Waals surface area contributed by atoms with Crippen molar-refractivity contribution in [3.05, 3.63) is 60.6 Å². The molecule has 3 heteroatoms. The molecule has 0 atom stereocenters. The van der Waals surface area contributed by atoms with Crippen molar-refractivity contribution in [1.29, 1.82) is 0 Å². The van der Waals surface area contributed by atoms with Crippen molar-refractivity contribution >= 4 is 17.2 Å². The number of rotatable bonds is 2. The van der Waals surface area contributed by atoms with Gasteiger partial charge in [-0.05, 0) is 12.1 Å². The van der Waals surface area contributed by atoms with Crippen molar-refractivity contribution in [2.75, 3.05) is 0 Å². The van der Waals surface area contributed by atoms with E-state index in [9.17, 15) is 4.79 Å². The van der Waals surface area contributed by atoms with E-state index in [0.29, 0.717) is 5.56 Å². The van der Waals surface area contributed by atoms with E-state index in [-0.39, 0.29) is 0 Å². The number of aromatic nitrogens is 2. The fourth-order valence-electron chi connectivity index (χ4n) is 2.01. The highest BCUT2D eigenvalue weighted by Crippen LogP contribution is 2.26. The van der Waals surface area contributed by atoms with Crippen LogP contribution < -0.4 is 0 Å². The lowest BCUT2D eigenvalue weighted by atomic mass is 10.0. The smallest absolute Gasteiger partial charge is 0.151 e. The van der Waals surface area contributed by atoms with Crippen molar-refractivity contribution in [3.63, 3.8) is 0 Å². The molecule has 3 nitrogen and oxygen atoms in total. The van der Waals surface area contributed by atoms with Crippen molar-refractivity contribution in [3.8, 4) is 11.1 Å². The Balaban J connectivity index is 2.27. The maximum Gasteiger partial charge on any atom is 0.151 e. The molecule has 0 unspecified atom stereocenters. The Bertz CT molecular complexity index is 717. The number of carbonyl (C=O) groups is 1. The molecule has 0 aliphatic heterocycles. The van der Waals surface area contributed by atoms with E-state index >= 15 is 0 Å². The number of hydrogen-bond acceptors (Lipinski definition) is 3. The van der Waals surface area contributed by atoms with Gasteiger partial charge in [0, 0.05) is 40.7 Å². The molecule has 3 aromatic rings. The van der Waals surface area contributed by atoms with Gasteiger partial charge in [-0.25, -0.2) is 0 Å². The maximum atomic E-state index is 10.8. The van der Waals surface area contributed by atoms with Crippen molar-refractivity contribution in [1.82, 2.24) is 9.97 Å². The quantitative estimate of drug-likeness (QED) is 0.640. The van der Waals surface area contributed by atoms with Crippen molar-refractivity contribution in [2.24, 2.45) is 0 Å². The minimum atomic E-state index is 0.570. The molecule has 0 radical (unpaired) electrons. The number of pyridine rings is 2. The summed E-state index contributed by atoms with van der Waals surface area (Å²) in [4.78, 5) is 19.3. The van der Waals surface area contributed by atoms with Gasteiger partial charge < -0.3 is 0 Å². The third-order valence-electron chi connectivity index (χ3n) is 2.84. The summed E-state index contributed by atoms with van der Waals surface area (Å²) in [5.74, 6) is 0. The van der Waals surface area contributed by atoms with Crippen LogP contribution in [0.15, 0.2) is 55.0 Å². The molecular weight excluding hydrogens is 224 g/mol. The van der Waals surface area contributed by atoms with E-state index < -0.39 is 0 Å². The first-order valence-electron chi connectivity index (χ1n) is 5.63. The van der Waals surface area contributed by atoms with E-state index in [1.165, 1.54) is 0 Å². The first-order chi connectivity index (χ1) is 8.88. The Kier molecular flexibility index (Phi) is 2.57. The molecule has 0 N–H and O–H groups in total. The van der Waals surface area contributed by atoms with E-state index in [4.69, 9.17) is 0 Å². The van der Waals surface area contributed by atoms with Crippen LogP contribution in [0.5, 0.6) is 0 Å². The zero-order valence-electron chi connectivity index (χ0n) is 9.58. The van der Waals surface area contributed by atoms with Gasteiger partial charge in [0.25, 0.3) is 0 Å². The first kappa shape index (κ1) is 10.6. The van der Waals surface area contributed by atoms with Crippen molar-refractivity contribution in [2.45, 2.75) is 0 Å². The summed E-state index contributed by atoms with van der Waals surface area (Å²) in [6.07, 6.45) is 5.86. The highest BCUT2D eigenvalue weighted by molar-refractivity contribution is 5.94. The predicted octanol–water partition coefficient (Wildman–Crippen LogP) is 3.11. The fourth-order valence-corrected chi connectivity index (χ4v) is 2.01. The molecule has 86 valence electrons. The second-order valence-electron chi connectivity index (χ2n) is 4.01. The van der Waals surface area contributed by atoms with E-state index in [1.807, 2.05) is 36.4 Å². The summed E-state index contributed by atoms with van der Waals surface area (Å²) in [5.41, 5.74) is 3.39. The Hall–Kier alpha value is -2.55. The van der Waals surface area contributed by atoms with Gasteiger partial charge in [0.1, 0.15) is 0 Å². The monoisotopic (exact) mass is 234 g/mol. The molecule has 3 rings (SSSR count). The highest BCUT2D eigenvalue weighted by Gasteiger charge is 2.05. The summed E-state index contributed by atoms with van der Waals surface area (Å²) in [6.45, 7) is 0. The van der Waals surface area contributed by atoms with Gasteiger partial charge >= 0.3 is 0 Å². The van der Waals surface area contributed by atoms with Crippen LogP contribution in [0.3, 0.4) is 0 Å². The van der Waals surface area contributed by atoms with Crippen LogP contribution >= 0.6 is 0 Å². The number of benzene rings is 1. The van der Waals surface area contributed by atoms with Gasteiger partial charge in [0.15, 0.2) is 6.29 Å². The van der Waals surface area contributed by atoms with Gasteiger partial charge in [0.05, 0.1) is 5.52 Å². The largest absolute Gasteiger partial charge is 0.298 e. The Morgan fingerprint density at radius 3 is 2.83 bits per heavy atom. The molecule has 0 bridgehead atoms. The Labute approximate surface area is 104 Å². The number of aldehydes is 1. The van der Waals surface area contributed by atoms with Crippen molar-refractivity contribution < 1.29 is 4.79 Å². The number of hydrogen-bond donors (Lipinski definition) is 0. The predicted molar refractivity (Wildman–Crippen MR) is 70.4 cm³/mol. The summed E-state index contributed by atoms with van der Waals surface area (Å²) in [6, 6.07) is 11.7. The summed E-state index contributed by atoms with van der Waals surface area (Å²) in [7, 11) is 0. The highest BCUT2D eigenvalue weighted by atomic mass is 16.1. The van der Waals surface area contributed by atoms with E-state index in [1.54, 1.807) is 18.6 Å². The molecule has 0 aliphatic carbocycles. The molecular formula is C15H10N2O. The molecule has 1 aromatic carbocycles. The van der Waals surface area contributed by atoms with Gasteiger partial charge in [0.2, 0.25) is 0 Å². The molecule has 18 heavy (non-hydrogen) atoms. The molecule has 0 saturated carbocycles. The number of para-hydroxylation sites is 1. The minimum absolute atomic E-state index is 0.570. The Morgan fingerprint density at radius 2 is 1.94 bits per heavy atom. The van der Waals surface area contributed by atoms with E-state index in [2.05, 4.69) is 9.97 Å².